The van der Waals surface area contributed by atoms with Crippen LogP contribution in [0.15, 0.2) is 91.0 Å². The van der Waals surface area contributed by atoms with Gasteiger partial charge in [0.15, 0.2) is 0 Å². The lowest BCUT2D eigenvalue weighted by molar-refractivity contribution is 0.100. The second-order valence-corrected chi connectivity index (χ2v) is 8.29. The predicted octanol–water partition coefficient (Wildman–Crippen LogP) is 6.09. The average Bonchev–Trinajstić information content (AvgIpc) is 3.13. The third-order valence-electron chi connectivity index (χ3n) is 6.31. The zero-order valence-corrected chi connectivity index (χ0v) is 18.2. The summed E-state index contributed by atoms with van der Waals surface area (Å²) in [6.45, 7) is 2.90. The molecular weight excluding hydrogens is 392 g/mol. The summed E-state index contributed by atoms with van der Waals surface area (Å²) in [7, 11) is 0. The van der Waals surface area contributed by atoms with Crippen LogP contribution in [0.2, 0.25) is 0 Å². The number of amides is 1. The van der Waals surface area contributed by atoms with Gasteiger partial charge in [0.25, 0.3) is 0 Å². The standard InChI is InChI=1S/C29H26N2O/c1-2-20-15-16-24-27(18-20)31(26-14-8-13-25(28(24)26)29(30)32)19-23-12-7-6-11-22(23)17-21-9-4-3-5-10-21/h3-16,18H,2,17,19H2,1H3,(H2,30,32). The van der Waals surface area contributed by atoms with E-state index < -0.39 is 5.91 Å². The first-order valence-electron chi connectivity index (χ1n) is 11.1. The third-order valence-corrected chi connectivity index (χ3v) is 6.31. The predicted molar refractivity (Wildman–Crippen MR) is 132 cm³/mol. The minimum Gasteiger partial charge on any atom is -0.366 e. The van der Waals surface area contributed by atoms with E-state index in [-0.39, 0.29) is 0 Å². The van der Waals surface area contributed by atoms with E-state index >= 15 is 0 Å². The second-order valence-electron chi connectivity index (χ2n) is 8.29. The van der Waals surface area contributed by atoms with Gasteiger partial charge in [0, 0.05) is 28.4 Å². The molecule has 4 aromatic carbocycles. The molecule has 0 aliphatic heterocycles. The summed E-state index contributed by atoms with van der Waals surface area (Å²) in [6.07, 6.45) is 1.85. The fourth-order valence-corrected chi connectivity index (χ4v) is 4.66. The summed E-state index contributed by atoms with van der Waals surface area (Å²) < 4.78 is 2.33. The average molecular weight is 419 g/mol. The number of aromatic nitrogens is 1. The van der Waals surface area contributed by atoms with E-state index in [0.29, 0.717) is 5.56 Å². The molecule has 0 fully saturated rings. The van der Waals surface area contributed by atoms with Crippen LogP contribution in [-0.2, 0) is 19.4 Å². The molecule has 0 radical (unpaired) electrons. The maximum absolute atomic E-state index is 12.2. The van der Waals surface area contributed by atoms with Gasteiger partial charge in [-0.2, -0.15) is 0 Å². The minimum absolute atomic E-state index is 0.390. The van der Waals surface area contributed by atoms with E-state index in [2.05, 4.69) is 90.4 Å². The van der Waals surface area contributed by atoms with Crippen molar-refractivity contribution in [2.45, 2.75) is 26.3 Å². The van der Waals surface area contributed by atoms with E-state index in [4.69, 9.17) is 5.73 Å². The highest BCUT2D eigenvalue weighted by molar-refractivity contribution is 6.18. The summed E-state index contributed by atoms with van der Waals surface area (Å²) in [5.41, 5.74) is 13.7. The number of nitrogens with zero attached hydrogens (tertiary/aromatic N) is 1. The lowest BCUT2D eigenvalue weighted by Gasteiger charge is -2.13. The Morgan fingerprint density at radius 3 is 2.28 bits per heavy atom. The number of primary amides is 1. The van der Waals surface area contributed by atoms with Crippen molar-refractivity contribution >= 4 is 27.7 Å². The van der Waals surface area contributed by atoms with Crippen LogP contribution < -0.4 is 5.73 Å². The van der Waals surface area contributed by atoms with Crippen LogP contribution >= 0.6 is 0 Å². The topological polar surface area (TPSA) is 48.0 Å². The Labute approximate surface area is 188 Å². The molecule has 1 heterocycles. The summed E-state index contributed by atoms with van der Waals surface area (Å²) in [6, 6.07) is 31.6. The van der Waals surface area contributed by atoms with Crippen molar-refractivity contribution in [3.8, 4) is 0 Å². The van der Waals surface area contributed by atoms with Gasteiger partial charge < -0.3 is 10.3 Å². The van der Waals surface area contributed by atoms with Crippen LogP contribution in [0.4, 0.5) is 0 Å². The Kier molecular flexibility index (Phi) is 5.24. The van der Waals surface area contributed by atoms with Crippen molar-refractivity contribution in [1.29, 1.82) is 0 Å². The summed E-state index contributed by atoms with van der Waals surface area (Å²) in [5.74, 6) is -0.390. The molecule has 0 saturated heterocycles. The van der Waals surface area contributed by atoms with Crippen molar-refractivity contribution in [2.24, 2.45) is 5.73 Å². The van der Waals surface area contributed by atoms with E-state index in [9.17, 15) is 4.79 Å². The Morgan fingerprint density at radius 1 is 0.781 bits per heavy atom. The number of benzene rings is 4. The fraction of sp³-hybridized carbons (Fsp3) is 0.138. The van der Waals surface area contributed by atoms with E-state index in [1.165, 1.54) is 22.3 Å². The number of fused-ring (bicyclic) bond motifs is 3. The summed E-state index contributed by atoms with van der Waals surface area (Å²) in [5, 5.41) is 2.02. The van der Waals surface area contributed by atoms with Crippen LogP contribution in [0, 0.1) is 0 Å². The number of hydrogen-bond acceptors (Lipinski definition) is 1. The Balaban J connectivity index is 1.70. The molecule has 158 valence electrons. The molecule has 0 aliphatic rings. The van der Waals surface area contributed by atoms with Gasteiger partial charge in [0.2, 0.25) is 5.91 Å². The second kappa shape index (κ2) is 8.35. The van der Waals surface area contributed by atoms with Gasteiger partial charge in [0.1, 0.15) is 0 Å². The number of carbonyl (C=O) groups excluding carboxylic acids is 1. The van der Waals surface area contributed by atoms with Gasteiger partial charge >= 0.3 is 0 Å². The van der Waals surface area contributed by atoms with Crippen molar-refractivity contribution in [2.75, 3.05) is 0 Å². The number of nitrogens with two attached hydrogens (primary N) is 1. The Morgan fingerprint density at radius 2 is 1.53 bits per heavy atom. The molecule has 0 unspecified atom stereocenters. The normalized spacial score (nSPS) is 11.3. The molecule has 5 aromatic rings. The number of carbonyl (C=O) groups is 1. The van der Waals surface area contributed by atoms with E-state index in [1.54, 1.807) is 0 Å². The molecule has 32 heavy (non-hydrogen) atoms. The summed E-state index contributed by atoms with van der Waals surface area (Å²) >= 11 is 0. The minimum atomic E-state index is -0.390. The highest BCUT2D eigenvalue weighted by Gasteiger charge is 2.17. The van der Waals surface area contributed by atoms with Crippen LogP contribution in [0.3, 0.4) is 0 Å². The molecule has 0 spiro atoms. The highest BCUT2D eigenvalue weighted by atomic mass is 16.1. The van der Waals surface area contributed by atoms with Crippen molar-refractivity contribution in [3.63, 3.8) is 0 Å². The maximum Gasteiger partial charge on any atom is 0.249 e. The maximum atomic E-state index is 12.2. The largest absolute Gasteiger partial charge is 0.366 e. The molecule has 1 amide bonds. The van der Waals surface area contributed by atoms with Crippen LogP contribution in [0.1, 0.15) is 39.5 Å². The van der Waals surface area contributed by atoms with E-state index in [1.807, 2.05) is 12.1 Å². The number of aryl methyl sites for hydroxylation is 1. The molecule has 3 nitrogen and oxygen atoms in total. The van der Waals surface area contributed by atoms with Crippen molar-refractivity contribution in [3.05, 3.63) is 119 Å². The lowest BCUT2D eigenvalue weighted by Crippen LogP contribution is -2.11. The highest BCUT2D eigenvalue weighted by Crippen LogP contribution is 2.33. The molecule has 2 N–H and O–H groups in total. The quantitative estimate of drug-likeness (QED) is 0.356. The Bertz CT molecular complexity index is 1430. The van der Waals surface area contributed by atoms with Gasteiger partial charge in [-0.25, -0.2) is 0 Å². The van der Waals surface area contributed by atoms with Gasteiger partial charge in [-0.15, -0.1) is 0 Å². The molecule has 1 aromatic heterocycles. The monoisotopic (exact) mass is 418 g/mol. The summed E-state index contributed by atoms with van der Waals surface area (Å²) in [4.78, 5) is 12.2. The SMILES string of the molecule is CCc1ccc2c3c(C(N)=O)cccc3n(Cc3ccccc3Cc3ccccc3)c2c1. The van der Waals surface area contributed by atoms with Crippen molar-refractivity contribution in [1.82, 2.24) is 4.57 Å². The first-order valence-corrected chi connectivity index (χ1v) is 11.1. The smallest absolute Gasteiger partial charge is 0.249 e. The van der Waals surface area contributed by atoms with E-state index in [0.717, 1.165) is 41.2 Å². The van der Waals surface area contributed by atoms with Crippen LogP contribution in [0.5, 0.6) is 0 Å². The Hall–Kier alpha value is -3.85. The molecule has 5 rings (SSSR count). The first kappa shape index (κ1) is 20.1. The zero-order valence-electron chi connectivity index (χ0n) is 18.2. The number of rotatable bonds is 6. The van der Waals surface area contributed by atoms with Crippen molar-refractivity contribution < 1.29 is 4.79 Å². The zero-order chi connectivity index (χ0) is 22.1. The van der Waals surface area contributed by atoms with Gasteiger partial charge in [-0.05, 0) is 53.3 Å². The lowest BCUT2D eigenvalue weighted by atomic mass is 9.99. The van der Waals surface area contributed by atoms with Crippen LogP contribution in [-0.4, -0.2) is 10.5 Å². The van der Waals surface area contributed by atoms with Gasteiger partial charge in [0.05, 0.1) is 5.52 Å². The fourth-order valence-electron chi connectivity index (χ4n) is 4.66. The van der Waals surface area contributed by atoms with Gasteiger partial charge in [-0.1, -0.05) is 79.7 Å². The first-order chi connectivity index (χ1) is 15.7. The molecule has 0 saturated carbocycles. The number of hydrogen-bond donors (Lipinski definition) is 1. The molecule has 0 bridgehead atoms. The molecular formula is C29H26N2O. The molecule has 0 aliphatic carbocycles. The van der Waals surface area contributed by atoms with Gasteiger partial charge in [-0.3, -0.25) is 4.79 Å². The molecule has 0 atom stereocenters. The molecule has 3 heteroatoms. The van der Waals surface area contributed by atoms with Crippen LogP contribution in [0.25, 0.3) is 21.8 Å². The third kappa shape index (κ3) is 3.56.